The largest absolute Gasteiger partial charge is 0.442 e. The predicted octanol–water partition coefficient (Wildman–Crippen LogP) is 3.33. The minimum absolute atomic E-state index is 0.113. The van der Waals surface area contributed by atoms with Crippen LogP contribution in [0.25, 0.3) is 15.9 Å². The Hall–Kier alpha value is -4.32. The van der Waals surface area contributed by atoms with Gasteiger partial charge in [-0.25, -0.2) is 19.2 Å². The van der Waals surface area contributed by atoms with Crippen molar-refractivity contribution in [2.24, 2.45) is 0 Å². The van der Waals surface area contributed by atoms with Gasteiger partial charge in [0.1, 0.15) is 23.9 Å². The maximum absolute atomic E-state index is 15.0. The number of amides is 3. The second kappa shape index (κ2) is 9.14. The van der Waals surface area contributed by atoms with E-state index in [9.17, 15) is 18.8 Å². The standard InChI is InChI=1S/C23H19FN6O4S/c1-13(31)25-8-16-9-30(23(33)34-16)15-3-5-20(17(24)7-15)29-10-19(26-11-29)22(32)28-14-2-4-18-21(6-14)35-12-27-18/h2-7,10-12,16H,8-9H2,1H3,(H,25,31)(H,28,32). The average Bonchev–Trinajstić information content (AvgIpc) is 3.57. The number of fused-ring (bicyclic) bond motifs is 1. The second-order valence-electron chi connectivity index (χ2n) is 7.84. The van der Waals surface area contributed by atoms with E-state index in [4.69, 9.17) is 4.74 Å². The second-order valence-corrected chi connectivity index (χ2v) is 8.73. The lowest BCUT2D eigenvalue weighted by molar-refractivity contribution is -0.119. The van der Waals surface area contributed by atoms with Gasteiger partial charge in [0.15, 0.2) is 0 Å². The number of hydrogen-bond acceptors (Lipinski definition) is 7. The van der Waals surface area contributed by atoms with Crippen molar-refractivity contribution in [1.29, 1.82) is 0 Å². The number of benzene rings is 2. The summed E-state index contributed by atoms with van der Waals surface area (Å²) in [5.41, 5.74) is 3.77. The van der Waals surface area contributed by atoms with E-state index in [-0.39, 0.29) is 30.4 Å². The van der Waals surface area contributed by atoms with Crippen LogP contribution in [0.4, 0.5) is 20.6 Å². The topological polar surface area (TPSA) is 118 Å². The molecule has 0 saturated carbocycles. The highest BCUT2D eigenvalue weighted by molar-refractivity contribution is 7.16. The number of nitrogens with one attached hydrogen (secondary N) is 2. The number of ether oxygens (including phenoxy) is 1. The molecule has 0 spiro atoms. The molecule has 10 nitrogen and oxygen atoms in total. The Kier molecular flexibility index (Phi) is 5.87. The summed E-state index contributed by atoms with van der Waals surface area (Å²) in [7, 11) is 0. The fraction of sp³-hybridized carbons (Fsp3) is 0.174. The van der Waals surface area contributed by atoms with E-state index in [1.807, 2.05) is 12.1 Å². The van der Waals surface area contributed by atoms with Gasteiger partial charge in [-0.2, -0.15) is 0 Å². The molecule has 1 fully saturated rings. The maximum Gasteiger partial charge on any atom is 0.414 e. The van der Waals surface area contributed by atoms with Crippen LogP contribution < -0.4 is 15.5 Å². The van der Waals surface area contributed by atoms with Crippen LogP contribution in [0.1, 0.15) is 17.4 Å². The number of carbonyl (C=O) groups is 3. The smallest absolute Gasteiger partial charge is 0.414 e. The minimum Gasteiger partial charge on any atom is -0.442 e. The van der Waals surface area contributed by atoms with E-state index >= 15 is 0 Å². The van der Waals surface area contributed by atoms with Gasteiger partial charge in [-0.05, 0) is 36.4 Å². The Bertz CT molecular complexity index is 1450. The summed E-state index contributed by atoms with van der Waals surface area (Å²) in [4.78, 5) is 45.5. The summed E-state index contributed by atoms with van der Waals surface area (Å²) >= 11 is 1.47. The molecular weight excluding hydrogens is 475 g/mol. The first-order valence-corrected chi connectivity index (χ1v) is 11.5. The van der Waals surface area contributed by atoms with Gasteiger partial charge < -0.3 is 19.9 Å². The van der Waals surface area contributed by atoms with Gasteiger partial charge in [-0.1, -0.05) is 0 Å². The number of anilines is 2. The molecular formula is C23H19FN6O4S. The van der Waals surface area contributed by atoms with Crippen LogP contribution in [-0.2, 0) is 9.53 Å². The lowest BCUT2D eigenvalue weighted by Crippen LogP contribution is -2.33. The molecule has 4 aromatic rings. The summed E-state index contributed by atoms with van der Waals surface area (Å²) in [5, 5.41) is 5.37. The van der Waals surface area contributed by atoms with Crippen LogP contribution in [0, 0.1) is 5.82 Å². The highest BCUT2D eigenvalue weighted by Crippen LogP contribution is 2.26. The van der Waals surface area contributed by atoms with E-state index in [0.717, 1.165) is 10.2 Å². The van der Waals surface area contributed by atoms with E-state index in [2.05, 4.69) is 20.6 Å². The number of cyclic esters (lactones) is 1. The molecule has 1 saturated heterocycles. The van der Waals surface area contributed by atoms with E-state index in [1.54, 1.807) is 17.6 Å². The van der Waals surface area contributed by atoms with Crippen LogP contribution in [0.2, 0.25) is 0 Å². The number of halogens is 1. The van der Waals surface area contributed by atoms with E-state index < -0.39 is 23.9 Å². The zero-order chi connectivity index (χ0) is 24.5. The van der Waals surface area contributed by atoms with Crippen LogP contribution in [0.3, 0.4) is 0 Å². The molecule has 1 atom stereocenters. The number of carbonyl (C=O) groups excluding carboxylic acids is 3. The zero-order valence-corrected chi connectivity index (χ0v) is 19.2. The molecule has 3 amide bonds. The molecule has 1 aliphatic rings. The molecule has 1 unspecified atom stereocenters. The Balaban J connectivity index is 1.28. The van der Waals surface area contributed by atoms with Crippen molar-refractivity contribution in [1.82, 2.24) is 19.9 Å². The highest BCUT2D eigenvalue weighted by Gasteiger charge is 2.32. The number of hydrogen-bond donors (Lipinski definition) is 2. The van der Waals surface area contributed by atoms with Crippen LogP contribution in [0.5, 0.6) is 0 Å². The molecule has 178 valence electrons. The van der Waals surface area contributed by atoms with Crippen molar-refractivity contribution in [3.05, 3.63) is 65.9 Å². The van der Waals surface area contributed by atoms with Crippen molar-refractivity contribution in [2.45, 2.75) is 13.0 Å². The number of aromatic nitrogens is 3. The van der Waals surface area contributed by atoms with Gasteiger partial charge in [-0.15, -0.1) is 11.3 Å². The molecule has 12 heteroatoms. The van der Waals surface area contributed by atoms with Crippen LogP contribution in [-0.4, -0.2) is 51.6 Å². The Labute approximate surface area is 202 Å². The predicted molar refractivity (Wildman–Crippen MR) is 127 cm³/mol. The molecule has 5 rings (SSSR count). The van der Waals surface area contributed by atoms with Crippen molar-refractivity contribution in [3.8, 4) is 5.69 Å². The van der Waals surface area contributed by atoms with Gasteiger partial charge in [-0.3, -0.25) is 14.5 Å². The monoisotopic (exact) mass is 494 g/mol. The molecule has 0 radical (unpaired) electrons. The molecule has 35 heavy (non-hydrogen) atoms. The maximum atomic E-state index is 15.0. The zero-order valence-electron chi connectivity index (χ0n) is 18.4. The van der Waals surface area contributed by atoms with E-state index in [1.165, 1.54) is 52.4 Å². The van der Waals surface area contributed by atoms with Gasteiger partial charge in [0, 0.05) is 18.8 Å². The van der Waals surface area contributed by atoms with Crippen molar-refractivity contribution in [3.63, 3.8) is 0 Å². The Morgan fingerprint density at radius 3 is 2.89 bits per heavy atom. The minimum atomic E-state index is -0.620. The summed E-state index contributed by atoms with van der Waals surface area (Å²) in [6.07, 6.45) is 1.62. The first-order chi connectivity index (χ1) is 16.9. The third-order valence-electron chi connectivity index (χ3n) is 5.38. The van der Waals surface area contributed by atoms with Gasteiger partial charge in [0.25, 0.3) is 5.91 Å². The fourth-order valence-electron chi connectivity index (χ4n) is 3.67. The number of imidazole rings is 1. The molecule has 0 aliphatic carbocycles. The first-order valence-electron chi connectivity index (χ1n) is 10.6. The first kappa shape index (κ1) is 22.5. The van der Waals surface area contributed by atoms with Gasteiger partial charge in [0.2, 0.25) is 5.91 Å². The van der Waals surface area contributed by atoms with Gasteiger partial charge >= 0.3 is 6.09 Å². The quantitative estimate of drug-likeness (QED) is 0.425. The number of thiazole rings is 1. The molecule has 0 bridgehead atoms. The van der Waals surface area contributed by atoms with E-state index in [0.29, 0.717) is 11.4 Å². The fourth-order valence-corrected chi connectivity index (χ4v) is 4.39. The summed E-state index contributed by atoms with van der Waals surface area (Å²) < 4.78 is 22.5. The summed E-state index contributed by atoms with van der Waals surface area (Å²) in [6.45, 7) is 1.73. The molecule has 1 aliphatic heterocycles. The number of rotatable bonds is 6. The SMILES string of the molecule is CC(=O)NCC1CN(c2ccc(-n3cnc(C(=O)Nc4ccc5ncsc5c4)c3)c(F)c2)C(=O)O1. The third kappa shape index (κ3) is 4.68. The normalized spacial score (nSPS) is 15.3. The number of nitrogens with zero attached hydrogens (tertiary/aromatic N) is 4. The summed E-state index contributed by atoms with van der Waals surface area (Å²) in [6, 6.07) is 9.66. The Morgan fingerprint density at radius 2 is 2.09 bits per heavy atom. The van der Waals surface area contributed by atoms with Crippen LogP contribution in [0.15, 0.2) is 54.4 Å². The van der Waals surface area contributed by atoms with Gasteiger partial charge in [0.05, 0.1) is 40.2 Å². The lowest BCUT2D eigenvalue weighted by atomic mass is 10.2. The highest BCUT2D eigenvalue weighted by atomic mass is 32.1. The molecule has 3 heterocycles. The summed E-state index contributed by atoms with van der Waals surface area (Å²) in [5.74, 6) is -1.28. The molecule has 2 N–H and O–H groups in total. The third-order valence-corrected chi connectivity index (χ3v) is 6.17. The Morgan fingerprint density at radius 1 is 1.23 bits per heavy atom. The molecule has 2 aromatic carbocycles. The van der Waals surface area contributed by atoms with Crippen LogP contribution >= 0.6 is 11.3 Å². The average molecular weight is 495 g/mol. The van der Waals surface area contributed by atoms with Crippen molar-refractivity contribution >= 4 is 50.8 Å². The van der Waals surface area contributed by atoms with Crippen molar-refractivity contribution < 1.29 is 23.5 Å². The van der Waals surface area contributed by atoms with Crippen molar-refractivity contribution in [2.75, 3.05) is 23.3 Å². The molecule has 2 aromatic heterocycles. The lowest BCUT2D eigenvalue weighted by Gasteiger charge is -2.14.